The smallest absolute Gasteiger partial charge is 0.115 e. The Labute approximate surface area is 142 Å². The van der Waals surface area contributed by atoms with E-state index in [9.17, 15) is 0 Å². The average Bonchev–Trinajstić information content (AvgIpc) is 3.50. The summed E-state index contributed by atoms with van der Waals surface area (Å²) < 4.78 is 4.61. The summed E-state index contributed by atoms with van der Waals surface area (Å²) in [5.41, 5.74) is 2.55. The maximum absolute atomic E-state index is 8.63. The van der Waals surface area contributed by atoms with Crippen LogP contribution in [-0.2, 0) is 4.74 Å². The summed E-state index contributed by atoms with van der Waals surface area (Å²) in [4.78, 5) is 0. The van der Waals surface area contributed by atoms with Crippen LogP contribution < -0.4 is 0 Å². The molecule has 1 fully saturated rings. The first-order valence-electron chi connectivity index (χ1n) is 7.86. The Morgan fingerprint density at radius 3 is 1.29 bits per heavy atom. The number of phenolic OH excluding ortho intramolecular Hbond substituents is 1. The van der Waals surface area contributed by atoms with Crippen LogP contribution in [0.4, 0.5) is 0 Å². The molecular weight excluding hydrogens is 300 g/mol. The van der Waals surface area contributed by atoms with Crippen molar-refractivity contribution in [2.75, 3.05) is 13.2 Å². The van der Waals surface area contributed by atoms with Gasteiger partial charge >= 0.3 is 0 Å². The lowest BCUT2D eigenvalue weighted by Crippen LogP contribution is -1.88. The monoisotopic (exact) mass is 322 g/mol. The molecular formula is C21H22O3. The van der Waals surface area contributed by atoms with E-state index in [2.05, 4.69) is 53.3 Å². The molecule has 1 aliphatic rings. The third kappa shape index (κ3) is 7.09. The fourth-order valence-corrected chi connectivity index (χ4v) is 1.86. The zero-order chi connectivity index (χ0) is 17.0. The number of para-hydroxylation sites is 1. The fourth-order valence-electron chi connectivity index (χ4n) is 1.86. The van der Waals surface area contributed by atoms with E-state index in [1.165, 1.54) is 11.1 Å². The van der Waals surface area contributed by atoms with Gasteiger partial charge in [-0.05, 0) is 23.3 Å². The fraction of sp³-hybridized carbons (Fsp3) is 0.143. The minimum atomic E-state index is 0.190. The van der Waals surface area contributed by atoms with Gasteiger partial charge < -0.3 is 14.9 Å². The van der Waals surface area contributed by atoms with E-state index in [0.717, 1.165) is 6.61 Å². The Morgan fingerprint density at radius 2 is 1.08 bits per heavy atom. The van der Waals surface area contributed by atoms with Crippen molar-refractivity contribution in [1.29, 1.82) is 0 Å². The molecule has 1 atom stereocenters. The molecule has 3 aromatic carbocycles. The largest absolute Gasteiger partial charge is 0.508 e. The van der Waals surface area contributed by atoms with Gasteiger partial charge in [0.2, 0.25) is 0 Å². The predicted molar refractivity (Wildman–Crippen MR) is 96.8 cm³/mol. The first kappa shape index (κ1) is 17.7. The Morgan fingerprint density at radius 1 is 0.708 bits per heavy atom. The average molecular weight is 322 g/mol. The molecule has 3 heteroatoms. The van der Waals surface area contributed by atoms with Crippen LogP contribution >= 0.6 is 0 Å². The van der Waals surface area contributed by atoms with Crippen LogP contribution in [-0.4, -0.2) is 29.5 Å². The van der Waals surface area contributed by atoms with Crippen molar-refractivity contribution in [2.24, 2.45) is 0 Å². The summed E-state index contributed by atoms with van der Waals surface area (Å²) in [5, 5.41) is 16.7. The third-order valence-electron chi connectivity index (χ3n) is 3.24. The Bertz CT molecular complexity index is 628. The molecule has 0 radical (unpaired) electrons. The van der Waals surface area contributed by atoms with Crippen molar-refractivity contribution in [2.45, 2.75) is 6.10 Å². The maximum atomic E-state index is 8.63. The van der Waals surface area contributed by atoms with E-state index in [1.807, 2.05) is 18.2 Å². The van der Waals surface area contributed by atoms with Gasteiger partial charge in [0.1, 0.15) is 11.9 Å². The lowest BCUT2D eigenvalue weighted by molar-refractivity contribution is 0.244. The van der Waals surface area contributed by atoms with Crippen LogP contribution in [0, 0.1) is 0 Å². The van der Waals surface area contributed by atoms with E-state index in [4.69, 9.17) is 10.2 Å². The van der Waals surface area contributed by atoms with E-state index in [-0.39, 0.29) is 12.7 Å². The molecule has 4 rings (SSSR count). The topological polar surface area (TPSA) is 53.0 Å². The van der Waals surface area contributed by atoms with Crippen LogP contribution in [0.25, 0.3) is 11.1 Å². The highest BCUT2D eigenvalue weighted by Gasteiger charge is 2.19. The number of aliphatic hydroxyl groups excluding tert-OH is 1. The number of epoxide rings is 1. The first-order chi connectivity index (χ1) is 11.8. The van der Waals surface area contributed by atoms with Crippen molar-refractivity contribution in [3.63, 3.8) is 0 Å². The van der Waals surface area contributed by atoms with Gasteiger partial charge in [-0.15, -0.1) is 0 Å². The van der Waals surface area contributed by atoms with Crippen LogP contribution in [0.5, 0.6) is 5.75 Å². The molecule has 124 valence electrons. The summed E-state index contributed by atoms with van der Waals surface area (Å²) in [6.45, 7) is 0.955. The molecule has 0 saturated carbocycles. The van der Waals surface area contributed by atoms with Gasteiger partial charge in [0, 0.05) is 0 Å². The number of aliphatic hydroxyl groups is 1. The molecule has 1 unspecified atom stereocenters. The van der Waals surface area contributed by atoms with Crippen molar-refractivity contribution >= 4 is 0 Å². The maximum Gasteiger partial charge on any atom is 0.115 e. The van der Waals surface area contributed by atoms with E-state index >= 15 is 0 Å². The molecule has 3 aromatic rings. The summed E-state index contributed by atoms with van der Waals surface area (Å²) in [5.74, 6) is 0.322. The van der Waals surface area contributed by atoms with Gasteiger partial charge in [-0.1, -0.05) is 78.9 Å². The van der Waals surface area contributed by atoms with Crippen LogP contribution in [0.3, 0.4) is 0 Å². The van der Waals surface area contributed by atoms with Gasteiger partial charge in [0.15, 0.2) is 0 Å². The minimum absolute atomic E-state index is 0.190. The molecule has 2 N–H and O–H groups in total. The zero-order valence-electron chi connectivity index (χ0n) is 13.5. The van der Waals surface area contributed by atoms with Crippen molar-refractivity contribution in [1.82, 2.24) is 0 Å². The van der Waals surface area contributed by atoms with E-state index < -0.39 is 0 Å². The van der Waals surface area contributed by atoms with Gasteiger partial charge in [-0.3, -0.25) is 0 Å². The second-order valence-electron chi connectivity index (χ2n) is 5.21. The number of hydrogen-bond acceptors (Lipinski definition) is 3. The molecule has 0 amide bonds. The second-order valence-corrected chi connectivity index (χ2v) is 5.21. The highest BCUT2D eigenvalue weighted by atomic mass is 16.6. The minimum Gasteiger partial charge on any atom is -0.508 e. The number of phenols is 1. The Kier molecular flexibility index (Phi) is 7.54. The Hall–Kier alpha value is -2.62. The second kappa shape index (κ2) is 10.2. The van der Waals surface area contributed by atoms with Gasteiger partial charge in [0.05, 0.1) is 13.2 Å². The van der Waals surface area contributed by atoms with Gasteiger partial charge in [-0.2, -0.15) is 0 Å². The van der Waals surface area contributed by atoms with Crippen LogP contribution in [0.1, 0.15) is 0 Å². The Balaban J connectivity index is 0.000000147. The molecule has 1 heterocycles. The molecule has 0 spiro atoms. The van der Waals surface area contributed by atoms with Crippen molar-refractivity contribution < 1.29 is 14.9 Å². The van der Waals surface area contributed by atoms with Crippen LogP contribution in [0.2, 0.25) is 0 Å². The highest BCUT2D eigenvalue weighted by molar-refractivity contribution is 5.62. The van der Waals surface area contributed by atoms with E-state index in [1.54, 1.807) is 24.3 Å². The summed E-state index contributed by atoms with van der Waals surface area (Å²) in [7, 11) is 0. The van der Waals surface area contributed by atoms with Gasteiger partial charge in [-0.25, -0.2) is 0 Å². The molecule has 0 aliphatic carbocycles. The molecule has 1 aliphatic heterocycles. The van der Waals surface area contributed by atoms with Crippen molar-refractivity contribution in [3.05, 3.63) is 91.0 Å². The standard InChI is InChI=1S/C12H10.C6H6O.C3H6O2/c1-3-7-11(8-4-1)12-9-5-2-6-10-12;7-6-4-2-1-3-5-6;4-1-3-2-5-3/h1-10H;1-5,7H;3-4H,1-2H2. The molecule has 0 bridgehead atoms. The lowest BCUT2D eigenvalue weighted by Gasteiger charge is -1.98. The van der Waals surface area contributed by atoms with Gasteiger partial charge in [0.25, 0.3) is 0 Å². The number of hydrogen-bond donors (Lipinski definition) is 2. The number of rotatable bonds is 2. The van der Waals surface area contributed by atoms with Crippen LogP contribution in [0.15, 0.2) is 91.0 Å². The lowest BCUT2D eigenvalue weighted by atomic mass is 10.1. The molecule has 24 heavy (non-hydrogen) atoms. The third-order valence-corrected chi connectivity index (χ3v) is 3.24. The summed E-state index contributed by atoms with van der Waals surface area (Å²) >= 11 is 0. The van der Waals surface area contributed by atoms with E-state index in [0.29, 0.717) is 5.75 Å². The normalized spacial score (nSPS) is 14.5. The first-order valence-corrected chi connectivity index (χ1v) is 7.86. The zero-order valence-corrected chi connectivity index (χ0v) is 13.5. The predicted octanol–water partition coefficient (Wildman–Crippen LogP) is 4.12. The van der Waals surface area contributed by atoms with Crippen molar-refractivity contribution in [3.8, 4) is 16.9 Å². The number of ether oxygens (including phenoxy) is 1. The SMILES string of the molecule is OCC1CO1.Oc1ccccc1.c1ccc(-c2ccccc2)cc1. The quantitative estimate of drug-likeness (QED) is 0.698. The highest BCUT2D eigenvalue weighted by Crippen LogP contribution is 2.17. The number of benzene rings is 3. The summed E-state index contributed by atoms with van der Waals surface area (Å²) in [6, 6.07) is 29.5. The number of aromatic hydroxyl groups is 1. The summed E-state index contributed by atoms with van der Waals surface area (Å²) in [6.07, 6.45) is 0.190. The molecule has 0 aromatic heterocycles. The molecule has 1 saturated heterocycles. The molecule has 3 nitrogen and oxygen atoms in total.